The average Bonchev–Trinajstić information content (AvgIpc) is 3.13. The van der Waals surface area contributed by atoms with Gasteiger partial charge in [-0.2, -0.15) is 0 Å². The summed E-state index contributed by atoms with van der Waals surface area (Å²) in [4.78, 5) is 24.3. The normalized spacial score (nSPS) is 17.4. The molecule has 0 bridgehead atoms. The Morgan fingerprint density at radius 1 is 1.00 bits per heavy atom. The number of aliphatic hydroxyl groups is 1. The summed E-state index contributed by atoms with van der Waals surface area (Å²) in [6.07, 6.45) is -0.922. The summed E-state index contributed by atoms with van der Waals surface area (Å²) in [7, 11) is 0. The van der Waals surface area contributed by atoms with Crippen LogP contribution < -0.4 is 5.32 Å². The van der Waals surface area contributed by atoms with Crippen LogP contribution in [0.1, 0.15) is 57.6 Å². The summed E-state index contributed by atoms with van der Waals surface area (Å²) in [6, 6.07) is 16.3. The lowest BCUT2D eigenvalue weighted by atomic mass is 9.67. The maximum Gasteiger partial charge on any atom is 0.407 e. The number of nitrogens with one attached hydrogen (secondary N) is 1. The third kappa shape index (κ3) is 4.24. The number of ether oxygens (including phenoxy) is 1. The minimum absolute atomic E-state index is 0.0355. The van der Waals surface area contributed by atoms with Crippen LogP contribution >= 0.6 is 0 Å². The van der Waals surface area contributed by atoms with Gasteiger partial charge in [0.05, 0.1) is 11.5 Å². The zero-order valence-corrected chi connectivity index (χ0v) is 19.2. The maximum atomic E-state index is 12.5. The van der Waals surface area contributed by atoms with E-state index >= 15 is 0 Å². The van der Waals surface area contributed by atoms with Crippen molar-refractivity contribution >= 4 is 12.1 Å². The molecule has 172 valence electrons. The molecule has 32 heavy (non-hydrogen) atoms. The molecule has 0 saturated heterocycles. The van der Waals surface area contributed by atoms with Crippen molar-refractivity contribution in [3.63, 3.8) is 0 Å². The number of carbonyl (C=O) groups is 2. The highest BCUT2D eigenvalue weighted by Gasteiger charge is 2.48. The van der Waals surface area contributed by atoms with Crippen LogP contribution in [0, 0.1) is 10.8 Å². The second-order valence-electron chi connectivity index (χ2n) is 9.17. The Bertz CT molecular complexity index is 944. The zero-order chi connectivity index (χ0) is 23.5. The number of carboxylic acids is 1. The molecule has 0 aromatic heterocycles. The summed E-state index contributed by atoms with van der Waals surface area (Å²) >= 11 is 0. The van der Waals surface area contributed by atoms with Crippen LogP contribution in [0.4, 0.5) is 4.79 Å². The van der Waals surface area contributed by atoms with Crippen molar-refractivity contribution in [1.82, 2.24) is 5.32 Å². The van der Waals surface area contributed by atoms with Crippen molar-refractivity contribution in [3.05, 3.63) is 59.7 Å². The molecule has 1 amide bonds. The lowest BCUT2D eigenvalue weighted by Gasteiger charge is -2.42. The molecule has 2 aromatic carbocycles. The first kappa shape index (κ1) is 23.8. The van der Waals surface area contributed by atoms with Gasteiger partial charge in [0.1, 0.15) is 6.61 Å². The first-order valence-electron chi connectivity index (χ1n) is 11.2. The van der Waals surface area contributed by atoms with Crippen molar-refractivity contribution in [2.75, 3.05) is 13.2 Å². The Hall–Kier alpha value is -2.86. The van der Waals surface area contributed by atoms with Crippen molar-refractivity contribution < 1.29 is 24.5 Å². The fourth-order valence-corrected chi connectivity index (χ4v) is 4.57. The van der Waals surface area contributed by atoms with E-state index in [1.54, 1.807) is 20.8 Å². The van der Waals surface area contributed by atoms with Crippen LogP contribution in [0.5, 0.6) is 0 Å². The number of alkyl carbamates (subject to hydrolysis) is 1. The number of carboxylic acid groups (broad SMARTS) is 1. The fourth-order valence-electron chi connectivity index (χ4n) is 4.57. The molecule has 2 aromatic rings. The number of rotatable bonds is 9. The van der Waals surface area contributed by atoms with E-state index in [-0.39, 0.29) is 25.5 Å². The predicted molar refractivity (Wildman–Crippen MR) is 124 cm³/mol. The fraction of sp³-hybridized carbons (Fsp3) is 0.462. The summed E-state index contributed by atoms with van der Waals surface area (Å²) < 4.78 is 5.57. The summed E-state index contributed by atoms with van der Waals surface area (Å²) in [6.45, 7) is 7.27. The van der Waals surface area contributed by atoms with Crippen molar-refractivity contribution in [1.29, 1.82) is 0 Å². The van der Waals surface area contributed by atoms with Gasteiger partial charge in [-0.3, -0.25) is 4.79 Å². The highest BCUT2D eigenvalue weighted by Crippen LogP contribution is 2.44. The Labute approximate surface area is 189 Å². The maximum absolute atomic E-state index is 12.5. The van der Waals surface area contributed by atoms with Crippen molar-refractivity contribution in [2.24, 2.45) is 10.8 Å². The average molecular weight is 440 g/mol. The number of fused-ring (bicyclic) bond motifs is 3. The number of hydrogen-bond donors (Lipinski definition) is 3. The summed E-state index contributed by atoms with van der Waals surface area (Å²) in [5, 5.41) is 23.3. The van der Waals surface area contributed by atoms with Gasteiger partial charge in [0.25, 0.3) is 0 Å². The highest BCUT2D eigenvalue weighted by molar-refractivity contribution is 5.79. The topological polar surface area (TPSA) is 95.9 Å². The van der Waals surface area contributed by atoms with Gasteiger partial charge in [-0.25, -0.2) is 4.79 Å². The monoisotopic (exact) mass is 439 g/mol. The van der Waals surface area contributed by atoms with Gasteiger partial charge in [0, 0.05) is 17.9 Å². The smallest absolute Gasteiger partial charge is 0.407 e. The summed E-state index contributed by atoms with van der Waals surface area (Å²) in [5.74, 6) is -1.08. The number of hydrogen-bond acceptors (Lipinski definition) is 4. The van der Waals surface area contributed by atoms with Gasteiger partial charge < -0.3 is 20.3 Å². The number of aliphatic carboxylic acids is 1. The zero-order valence-electron chi connectivity index (χ0n) is 19.2. The van der Waals surface area contributed by atoms with Gasteiger partial charge in [0.15, 0.2) is 0 Å². The molecule has 0 spiro atoms. The van der Waals surface area contributed by atoms with Crippen LogP contribution in [0.2, 0.25) is 0 Å². The van der Waals surface area contributed by atoms with E-state index in [1.807, 2.05) is 31.2 Å². The number of benzene rings is 2. The van der Waals surface area contributed by atoms with Gasteiger partial charge in [-0.15, -0.1) is 0 Å². The highest BCUT2D eigenvalue weighted by atomic mass is 16.5. The first-order valence-corrected chi connectivity index (χ1v) is 11.2. The molecule has 6 nitrogen and oxygen atoms in total. The molecule has 3 unspecified atom stereocenters. The van der Waals surface area contributed by atoms with Gasteiger partial charge in [-0.1, -0.05) is 69.3 Å². The molecule has 0 heterocycles. The molecule has 1 aliphatic carbocycles. The van der Waals surface area contributed by atoms with Crippen LogP contribution in [-0.2, 0) is 9.53 Å². The third-order valence-corrected chi connectivity index (χ3v) is 7.27. The second kappa shape index (κ2) is 9.33. The van der Waals surface area contributed by atoms with Crippen molar-refractivity contribution in [2.45, 2.75) is 52.6 Å². The van der Waals surface area contributed by atoms with E-state index in [2.05, 4.69) is 29.6 Å². The first-order chi connectivity index (χ1) is 15.2. The van der Waals surface area contributed by atoms with E-state index in [9.17, 15) is 19.8 Å². The lowest BCUT2D eigenvalue weighted by molar-refractivity contribution is -0.162. The van der Waals surface area contributed by atoms with E-state index in [0.29, 0.717) is 6.42 Å². The quantitative estimate of drug-likeness (QED) is 0.521. The van der Waals surface area contributed by atoms with Crippen LogP contribution in [-0.4, -0.2) is 41.5 Å². The molecule has 1 aliphatic rings. The van der Waals surface area contributed by atoms with Gasteiger partial charge >= 0.3 is 12.1 Å². The predicted octanol–water partition coefficient (Wildman–Crippen LogP) is 4.80. The molecule has 3 rings (SSSR count). The van der Waals surface area contributed by atoms with Gasteiger partial charge in [-0.05, 0) is 42.0 Å². The van der Waals surface area contributed by atoms with E-state index in [4.69, 9.17) is 4.74 Å². The lowest BCUT2D eigenvalue weighted by Crippen LogP contribution is -2.53. The van der Waals surface area contributed by atoms with Crippen LogP contribution in [0.15, 0.2) is 48.5 Å². The van der Waals surface area contributed by atoms with Crippen LogP contribution in [0.3, 0.4) is 0 Å². The SMILES string of the molecule is CCC(C)(CNC(=O)OCC1c2ccccc2-c2ccccc21)C(O)C(C)(CC)C(=O)O. The van der Waals surface area contributed by atoms with Crippen LogP contribution in [0.25, 0.3) is 11.1 Å². The van der Waals surface area contributed by atoms with Gasteiger partial charge in [0.2, 0.25) is 0 Å². The molecule has 0 saturated carbocycles. The number of amides is 1. The molecule has 3 N–H and O–H groups in total. The minimum Gasteiger partial charge on any atom is -0.481 e. The Morgan fingerprint density at radius 2 is 1.53 bits per heavy atom. The minimum atomic E-state index is -1.30. The van der Waals surface area contributed by atoms with Crippen molar-refractivity contribution in [3.8, 4) is 11.1 Å². The molecular formula is C26H33NO5. The molecule has 0 fully saturated rings. The van der Waals surface area contributed by atoms with E-state index in [0.717, 1.165) is 22.3 Å². The Balaban J connectivity index is 1.66. The number of carbonyl (C=O) groups excluding carboxylic acids is 1. The largest absolute Gasteiger partial charge is 0.481 e. The molecule has 3 atom stereocenters. The Kier molecular flexibility index (Phi) is 6.94. The molecular weight excluding hydrogens is 406 g/mol. The molecule has 0 radical (unpaired) electrons. The second-order valence-corrected chi connectivity index (χ2v) is 9.17. The third-order valence-electron chi connectivity index (χ3n) is 7.27. The molecule has 0 aliphatic heterocycles. The molecule has 6 heteroatoms. The standard InChI is InChI=1S/C26H33NO5/c1-5-25(3,22(28)26(4,6-2)23(29)30)16-27-24(31)32-15-21-19-13-9-7-11-17(19)18-12-8-10-14-20(18)21/h7-14,21-22,28H,5-6,15-16H2,1-4H3,(H,27,31)(H,29,30). The Morgan fingerprint density at radius 3 is 2.00 bits per heavy atom. The number of aliphatic hydroxyl groups excluding tert-OH is 1. The van der Waals surface area contributed by atoms with E-state index < -0.39 is 29.0 Å². The summed E-state index contributed by atoms with van der Waals surface area (Å²) in [5.41, 5.74) is 2.48. The van der Waals surface area contributed by atoms with E-state index in [1.165, 1.54) is 0 Å².